The van der Waals surface area contributed by atoms with Crippen LogP contribution in [0.5, 0.6) is 5.75 Å². The van der Waals surface area contributed by atoms with E-state index in [1.165, 1.54) is 18.2 Å². The number of nitro groups is 1. The van der Waals surface area contributed by atoms with E-state index in [2.05, 4.69) is 10.3 Å². The van der Waals surface area contributed by atoms with Crippen molar-refractivity contribution >= 4 is 28.8 Å². The Labute approximate surface area is 182 Å². The van der Waals surface area contributed by atoms with Crippen LogP contribution in [0.15, 0.2) is 72.9 Å². The van der Waals surface area contributed by atoms with Gasteiger partial charge in [-0.05, 0) is 29.8 Å². The van der Waals surface area contributed by atoms with Crippen molar-refractivity contribution in [2.45, 2.75) is 13.2 Å². The molecule has 9 heteroatoms. The molecule has 0 spiro atoms. The summed E-state index contributed by atoms with van der Waals surface area (Å²) in [6.07, 6.45) is 1.72. The maximum Gasteiger partial charge on any atom is 0.311 e. The van der Waals surface area contributed by atoms with Crippen LogP contribution in [0, 0.1) is 10.1 Å². The van der Waals surface area contributed by atoms with E-state index in [1.54, 1.807) is 28.8 Å². The van der Waals surface area contributed by atoms with Crippen LogP contribution in [-0.2, 0) is 13.2 Å². The summed E-state index contributed by atoms with van der Waals surface area (Å²) in [5.41, 5.74) is 2.03. The van der Waals surface area contributed by atoms with Crippen LogP contribution in [0.3, 0.4) is 0 Å². The van der Waals surface area contributed by atoms with Gasteiger partial charge >= 0.3 is 5.69 Å². The number of carbonyl (C=O) groups is 1. The number of rotatable bonds is 7. The van der Waals surface area contributed by atoms with Crippen LogP contribution in [0.25, 0.3) is 5.65 Å². The van der Waals surface area contributed by atoms with Crippen molar-refractivity contribution < 1.29 is 14.5 Å². The molecule has 4 aromatic rings. The van der Waals surface area contributed by atoms with Crippen molar-refractivity contribution in [3.8, 4) is 5.75 Å². The number of aromatic nitrogens is 2. The Bertz CT molecular complexity index is 1260. The number of amides is 1. The number of nitrogens with one attached hydrogen (secondary N) is 1. The van der Waals surface area contributed by atoms with E-state index in [0.717, 1.165) is 5.56 Å². The number of fused-ring (bicyclic) bond motifs is 1. The number of nitro benzene ring substituents is 1. The molecule has 0 aliphatic rings. The average molecular weight is 437 g/mol. The molecule has 1 amide bonds. The SMILES string of the molecule is O=C(NCc1cn2c(Cl)cccc2n1)c1ccc(OCc2ccccc2)c([N+](=O)[O-])c1. The number of nitrogens with zero attached hydrogens (tertiary/aromatic N) is 3. The third kappa shape index (κ3) is 4.65. The molecular weight excluding hydrogens is 420 g/mol. The van der Waals surface area contributed by atoms with Crippen LogP contribution in [0.1, 0.15) is 21.6 Å². The largest absolute Gasteiger partial charge is 0.482 e. The van der Waals surface area contributed by atoms with Gasteiger partial charge in [0.25, 0.3) is 5.91 Å². The van der Waals surface area contributed by atoms with Crippen molar-refractivity contribution in [3.05, 3.63) is 105 Å². The molecule has 31 heavy (non-hydrogen) atoms. The zero-order valence-corrected chi connectivity index (χ0v) is 17.0. The Morgan fingerprint density at radius 3 is 2.68 bits per heavy atom. The lowest BCUT2D eigenvalue weighted by Gasteiger charge is -2.09. The van der Waals surface area contributed by atoms with Crippen LogP contribution in [-0.4, -0.2) is 20.2 Å². The van der Waals surface area contributed by atoms with Crippen molar-refractivity contribution in [1.82, 2.24) is 14.7 Å². The molecule has 0 fully saturated rings. The van der Waals surface area contributed by atoms with Gasteiger partial charge in [0.05, 0.1) is 17.2 Å². The Balaban J connectivity index is 1.46. The lowest BCUT2D eigenvalue weighted by atomic mass is 10.1. The van der Waals surface area contributed by atoms with Gasteiger partial charge in [0, 0.05) is 17.8 Å². The minimum absolute atomic E-state index is 0.0976. The van der Waals surface area contributed by atoms with E-state index in [1.807, 2.05) is 30.3 Å². The quantitative estimate of drug-likeness (QED) is 0.263. The molecule has 0 saturated carbocycles. The number of halogens is 1. The monoisotopic (exact) mass is 436 g/mol. The summed E-state index contributed by atoms with van der Waals surface area (Å²) >= 11 is 6.12. The molecule has 0 aliphatic heterocycles. The summed E-state index contributed by atoms with van der Waals surface area (Å²) in [5.74, 6) is -0.360. The molecule has 4 rings (SSSR count). The standard InChI is InChI=1S/C22H17ClN4O4/c23-20-7-4-8-21-25-17(13-26(20)21)12-24-22(28)16-9-10-19(18(11-16)27(29)30)31-14-15-5-2-1-3-6-15/h1-11,13H,12,14H2,(H,24,28). The highest BCUT2D eigenvalue weighted by atomic mass is 35.5. The van der Waals surface area contributed by atoms with Gasteiger partial charge in [0.1, 0.15) is 17.4 Å². The third-order valence-electron chi connectivity index (χ3n) is 4.58. The lowest BCUT2D eigenvalue weighted by Crippen LogP contribution is -2.23. The van der Waals surface area contributed by atoms with Gasteiger partial charge in [-0.3, -0.25) is 19.3 Å². The number of imidazole rings is 1. The summed E-state index contributed by atoms with van der Waals surface area (Å²) < 4.78 is 7.30. The molecular formula is C22H17ClN4O4. The van der Waals surface area contributed by atoms with Crippen LogP contribution >= 0.6 is 11.6 Å². The first-order chi connectivity index (χ1) is 15.0. The summed E-state index contributed by atoms with van der Waals surface area (Å²) in [7, 11) is 0. The summed E-state index contributed by atoms with van der Waals surface area (Å²) in [6.45, 7) is 0.334. The highest BCUT2D eigenvalue weighted by Crippen LogP contribution is 2.29. The molecule has 0 aliphatic carbocycles. The molecule has 8 nitrogen and oxygen atoms in total. The number of hydrogen-bond acceptors (Lipinski definition) is 5. The Hall–Kier alpha value is -3.91. The maximum atomic E-state index is 12.5. The smallest absolute Gasteiger partial charge is 0.311 e. The van der Waals surface area contributed by atoms with Gasteiger partial charge < -0.3 is 10.1 Å². The van der Waals surface area contributed by atoms with E-state index in [-0.39, 0.29) is 30.2 Å². The maximum absolute atomic E-state index is 12.5. The predicted octanol–water partition coefficient (Wildman–Crippen LogP) is 4.40. The summed E-state index contributed by atoms with van der Waals surface area (Å²) in [6, 6.07) is 18.8. The zero-order chi connectivity index (χ0) is 21.8. The van der Waals surface area contributed by atoms with Gasteiger partial charge in [-0.1, -0.05) is 48.0 Å². The van der Waals surface area contributed by atoms with Gasteiger partial charge in [0.15, 0.2) is 5.75 Å². The minimum Gasteiger partial charge on any atom is -0.482 e. The van der Waals surface area contributed by atoms with Crippen LogP contribution < -0.4 is 10.1 Å². The molecule has 1 N–H and O–H groups in total. The van der Waals surface area contributed by atoms with E-state index < -0.39 is 10.8 Å². The normalized spacial score (nSPS) is 10.7. The Morgan fingerprint density at radius 1 is 1.13 bits per heavy atom. The number of ether oxygens (including phenoxy) is 1. The Morgan fingerprint density at radius 2 is 1.94 bits per heavy atom. The molecule has 0 bridgehead atoms. The van der Waals surface area contributed by atoms with E-state index >= 15 is 0 Å². The van der Waals surface area contributed by atoms with Gasteiger partial charge in [-0.15, -0.1) is 0 Å². The van der Waals surface area contributed by atoms with Crippen LogP contribution in [0.2, 0.25) is 5.15 Å². The molecule has 2 aromatic carbocycles. The fourth-order valence-electron chi connectivity index (χ4n) is 3.04. The van der Waals surface area contributed by atoms with Crippen molar-refractivity contribution in [3.63, 3.8) is 0 Å². The summed E-state index contributed by atoms with van der Waals surface area (Å²) in [5, 5.41) is 14.7. The highest BCUT2D eigenvalue weighted by Gasteiger charge is 2.19. The van der Waals surface area contributed by atoms with Gasteiger partial charge in [-0.2, -0.15) is 0 Å². The molecule has 0 radical (unpaired) electrons. The fourth-order valence-corrected chi connectivity index (χ4v) is 3.25. The van der Waals surface area contributed by atoms with Gasteiger partial charge in [-0.25, -0.2) is 4.98 Å². The second-order valence-corrected chi connectivity index (χ2v) is 7.09. The van der Waals surface area contributed by atoms with E-state index in [4.69, 9.17) is 16.3 Å². The van der Waals surface area contributed by atoms with E-state index in [0.29, 0.717) is 16.5 Å². The van der Waals surface area contributed by atoms with Crippen molar-refractivity contribution in [2.75, 3.05) is 0 Å². The number of pyridine rings is 1. The van der Waals surface area contributed by atoms with Crippen molar-refractivity contribution in [2.24, 2.45) is 0 Å². The summed E-state index contributed by atoms with van der Waals surface area (Å²) in [4.78, 5) is 27.8. The average Bonchev–Trinajstić information content (AvgIpc) is 3.21. The molecule has 2 heterocycles. The van der Waals surface area contributed by atoms with Gasteiger partial charge in [0.2, 0.25) is 0 Å². The molecule has 156 valence electrons. The highest BCUT2D eigenvalue weighted by molar-refractivity contribution is 6.29. The first-order valence-electron chi connectivity index (χ1n) is 9.37. The molecule has 0 atom stereocenters. The zero-order valence-electron chi connectivity index (χ0n) is 16.2. The Kier molecular flexibility index (Phi) is 5.81. The second-order valence-electron chi connectivity index (χ2n) is 6.71. The van der Waals surface area contributed by atoms with Crippen LogP contribution in [0.4, 0.5) is 5.69 Å². The fraction of sp³-hybridized carbons (Fsp3) is 0.0909. The molecule has 0 unspecified atom stereocenters. The molecule has 0 saturated heterocycles. The predicted molar refractivity (Wildman–Crippen MR) is 115 cm³/mol. The van der Waals surface area contributed by atoms with E-state index in [9.17, 15) is 14.9 Å². The number of carbonyl (C=O) groups excluding carboxylic acids is 1. The second kappa shape index (κ2) is 8.85. The first kappa shape index (κ1) is 20.4. The van der Waals surface area contributed by atoms with Crippen molar-refractivity contribution in [1.29, 1.82) is 0 Å². The number of hydrogen-bond donors (Lipinski definition) is 1. The number of benzene rings is 2. The minimum atomic E-state index is -0.568. The molecule has 2 aromatic heterocycles. The first-order valence-corrected chi connectivity index (χ1v) is 9.75. The lowest BCUT2D eigenvalue weighted by molar-refractivity contribution is -0.386. The topological polar surface area (TPSA) is 98.8 Å². The third-order valence-corrected chi connectivity index (χ3v) is 4.89.